The third-order valence-corrected chi connectivity index (χ3v) is 11.7. The van der Waals surface area contributed by atoms with Crippen LogP contribution < -0.4 is 14.8 Å². The topological polar surface area (TPSA) is 176 Å². The molecule has 2 amide bonds. The third-order valence-electron chi connectivity index (χ3n) is 8.70. The number of fused-ring (bicyclic) bond motifs is 2. The van der Waals surface area contributed by atoms with Crippen molar-refractivity contribution >= 4 is 107 Å². The highest BCUT2D eigenvalue weighted by molar-refractivity contribution is 9.10. The van der Waals surface area contributed by atoms with E-state index in [0.717, 1.165) is 6.07 Å². The minimum absolute atomic E-state index is 0.00115. The normalized spacial score (nSPS) is 12.1. The minimum Gasteiger partial charge on any atom is -0.507 e. The smallest absolute Gasteiger partial charge is 0.339 e. The summed E-state index contributed by atoms with van der Waals surface area (Å²) in [6, 6.07) is 23.3. The summed E-state index contributed by atoms with van der Waals surface area (Å²) >= 11 is 28.0. The number of phenolic OH excluding ortho intramolecular Hbond substituents is 2. The molecule has 1 aliphatic carbocycles. The predicted molar refractivity (Wildman–Crippen MR) is 219 cm³/mol. The van der Waals surface area contributed by atoms with Gasteiger partial charge in [0.05, 0.1) is 54.8 Å². The predicted octanol–water partition coefficient (Wildman–Crippen LogP) is 10.2. The standard InChI is InChI=1S/C40H21BrCl4N2O9S/c41-26-17-30(48)32-33(35(26)47-40(53)25-15-20(43)9-13-28(25)45)38(51)34-31(37(32)50)29(46-39(52)24-14-19(42)8-12-27(24)44)16-23(36(34)49)18-6-10-21(11-7-18)56-57(54,55)22-4-2-1-3-5-22/h1-17,48-49H,(H,46,52)(H,47,53). The van der Waals surface area contributed by atoms with Gasteiger partial charge in [-0.05, 0) is 94.3 Å². The molecule has 0 saturated heterocycles. The van der Waals surface area contributed by atoms with Crippen molar-refractivity contribution in [2.45, 2.75) is 4.90 Å². The number of benzene rings is 6. The van der Waals surface area contributed by atoms with Crippen LogP contribution >= 0.6 is 62.3 Å². The lowest BCUT2D eigenvalue weighted by atomic mass is 9.79. The molecule has 0 bridgehead atoms. The molecule has 0 heterocycles. The molecule has 0 saturated carbocycles. The number of ketones is 2. The number of carbonyl (C=O) groups excluding carboxylic acids is 4. The van der Waals surface area contributed by atoms with Gasteiger partial charge in [-0.3, -0.25) is 19.2 Å². The Bertz CT molecular complexity index is 2840. The molecule has 7 rings (SSSR count). The Labute approximate surface area is 352 Å². The van der Waals surface area contributed by atoms with Crippen molar-refractivity contribution in [1.29, 1.82) is 0 Å². The van der Waals surface area contributed by atoms with Crippen LogP contribution in [0.4, 0.5) is 11.4 Å². The molecule has 6 aromatic carbocycles. The molecule has 0 radical (unpaired) electrons. The van der Waals surface area contributed by atoms with Crippen LogP contribution in [0.25, 0.3) is 11.1 Å². The van der Waals surface area contributed by atoms with Crippen LogP contribution in [0.15, 0.2) is 112 Å². The molecule has 0 aliphatic heterocycles. The highest BCUT2D eigenvalue weighted by Gasteiger charge is 2.41. The van der Waals surface area contributed by atoms with E-state index in [0.29, 0.717) is 0 Å². The quantitative estimate of drug-likeness (QED) is 0.0854. The van der Waals surface area contributed by atoms with Crippen LogP contribution in [0.2, 0.25) is 20.1 Å². The zero-order chi connectivity index (χ0) is 40.9. The van der Waals surface area contributed by atoms with E-state index in [9.17, 15) is 37.8 Å². The lowest BCUT2D eigenvalue weighted by molar-refractivity contribution is 0.0973. The Morgan fingerprint density at radius 2 is 1.21 bits per heavy atom. The second-order valence-corrected chi connectivity index (χ2v) is 16.4. The highest BCUT2D eigenvalue weighted by Crippen LogP contribution is 2.48. The summed E-state index contributed by atoms with van der Waals surface area (Å²) in [4.78, 5) is 56.3. The van der Waals surface area contributed by atoms with Crippen molar-refractivity contribution in [3.63, 3.8) is 0 Å². The fourth-order valence-electron chi connectivity index (χ4n) is 6.08. The van der Waals surface area contributed by atoms with Gasteiger partial charge in [0, 0.05) is 20.1 Å². The summed E-state index contributed by atoms with van der Waals surface area (Å²) < 4.78 is 31.0. The van der Waals surface area contributed by atoms with E-state index in [2.05, 4.69) is 26.6 Å². The maximum atomic E-state index is 14.7. The first-order chi connectivity index (χ1) is 27.0. The molecular weight excluding hydrogens is 906 g/mol. The zero-order valence-electron chi connectivity index (χ0n) is 28.4. The Morgan fingerprint density at radius 1 is 0.649 bits per heavy atom. The summed E-state index contributed by atoms with van der Waals surface area (Å²) in [5, 5.41) is 28.5. The van der Waals surface area contributed by atoms with Crippen molar-refractivity contribution in [3.8, 4) is 28.4 Å². The van der Waals surface area contributed by atoms with Gasteiger partial charge in [-0.1, -0.05) is 76.7 Å². The van der Waals surface area contributed by atoms with Gasteiger partial charge >= 0.3 is 10.1 Å². The summed E-state index contributed by atoms with van der Waals surface area (Å²) in [6.07, 6.45) is 0. The molecule has 0 fully saturated rings. The molecule has 286 valence electrons. The number of hydrogen-bond donors (Lipinski definition) is 4. The van der Waals surface area contributed by atoms with E-state index < -0.39 is 67.3 Å². The third kappa shape index (κ3) is 7.57. The van der Waals surface area contributed by atoms with Gasteiger partial charge in [0.2, 0.25) is 11.6 Å². The highest BCUT2D eigenvalue weighted by atomic mass is 79.9. The summed E-state index contributed by atoms with van der Waals surface area (Å²) in [5.41, 5.74) is -2.77. The molecule has 17 heteroatoms. The first kappa shape index (κ1) is 39.8. The minimum atomic E-state index is -4.22. The average molecular weight is 927 g/mol. The van der Waals surface area contributed by atoms with Gasteiger partial charge in [0.15, 0.2) is 0 Å². The van der Waals surface area contributed by atoms with Crippen LogP contribution in [0.3, 0.4) is 0 Å². The molecular formula is C40H21BrCl4N2O9S. The number of nitrogens with one attached hydrogen (secondary N) is 2. The number of phenols is 2. The lowest BCUT2D eigenvalue weighted by Gasteiger charge is -2.26. The number of carbonyl (C=O) groups is 4. The fraction of sp³-hybridized carbons (Fsp3) is 0. The van der Waals surface area contributed by atoms with Gasteiger partial charge in [-0.15, -0.1) is 0 Å². The molecule has 6 aromatic rings. The van der Waals surface area contributed by atoms with Gasteiger partial charge in [0.1, 0.15) is 22.1 Å². The number of rotatable bonds is 8. The molecule has 57 heavy (non-hydrogen) atoms. The average Bonchev–Trinajstić information content (AvgIpc) is 3.17. The molecule has 0 unspecified atom stereocenters. The first-order valence-electron chi connectivity index (χ1n) is 16.2. The van der Waals surface area contributed by atoms with Crippen molar-refractivity contribution < 1.29 is 42.0 Å². The Morgan fingerprint density at radius 3 is 1.81 bits per heavy atom. The summed E-state index contributed by atoms with van der Waals surface area (Å²) in [6.45, 7) is 0. The molecule has 0 spiro atoms. The molecule has 11 nitrogen and oxygen atoms in total. The van der Waals surface area contributed by atoms with Gasteiger partial charge in [0.25, 0.3) is 11.8 Å². The Hall–Kier alpha value is -5.41. The van der Waals surface area contributed by atoms with Crippen molar-refractivity contribution in [1.82, 2.24) is 0 Å². The van der Waals surface area contributed by atoms with Gasteiger partial charge < -0.3 is 25.0 Å². The Balaban J connectivity index is 1.38. The zero-order valence-corrected chi connectivity index (χ0v) is 33.8. The van der Waals surface area contributed by atoms with Crippen LogP contribution in [-0.4, -0.2) is 42.0 Å². The molecule has 4 N–H and O–H groups in total. The van der Waals surface area contributed by atoms with Crippen molar-refractivity contribution in [3.05, 3.63) is 161 Å². The van der Waals surface area contributed by atoms with E-state index in [1.54, 1.807) is 6.07 Å². The number of aromatic hydroxyl groups is 2. The van der Waals surface area contributed by atoms with Crippen LogP contribution in [0, 0.1) is 0 Å². The maximum absolute atomic E-state index is 14.7. The number of amides is 2. The summed E-state index contributed by atoms with van der Waals surface area (Å²) in [7, 11) is -4.22. The van der Waals surface area contributed by atoms with E-state index in [4.69, 9.17) is 50.6 Å². The molecule has 0 aromatic heterocycles. The number of hydrogen-bond acceptors (Lipinski definition) is 9. The monoisotopic (exact) mass is 924 g/mol. The van der Waals surface area contributed by atoms with Crippen molar-refractivity contribution in [2.75, 3.05) is 10.6 Å². The Kier molecular flexibility index (Phi) is 10.8. The molecule has 0 atom stereocenters. The molecule has 1 aliphatic rings. The summed E-state index contributed by atoms with van der Waals surface area (Å²) in [5.74, 6) is -5.22. The van der Waals surface area contributed by atoms with Crippen LogP contribution in [0.1, 0.15) is 52.6 Å². The number of halogens is 5. The fourth-order valence-corrected chi connectivity index (χ4v) is 8.30. The second kappa shape index (κ2) is 15.5. The number of anilines is 2. The second-order valence-electron chi connectivity index (χ2n) is 12.3. The van der Waals surface area contributed by atoms with Gasteiger partial charge in [-0.25, -0.2) is 0 Å². The lowest BCUT2D eigenvalue weighted by Crippen LogP contribution is -2.27. The SMILES string of the molecule is O=C(Nc1cc(-c2ccc(OS(=O)(=O)c3ccccc3)cc2)c(O)c2c1C(=O)c1c(O)cc(Br)c(NC(=O)c3cc(Cl)ccc3Cl)c1C2=O)c1cc(Cl)ccc1Cl. The first-order valence-corrected chi connectivity index (χ1v) is 19.9. The van der Waals surface area contributed by atoms with E-state index in [1.165, 1.54) is 91.0 Å². The van der Waals surface area contributed by atoms with Crippen molar-refractivity contribution in [2.24, 2.45) is 0 Å². The van der Waals surface area contributed by atoms with Gasteiger partial charge in [-0.2, -0.15) is 8.42 Å². The maximum Gasteiger partial charge on any atom is 0.339 e. The van der Waals surface area contributed by atoms with E-state index in [1.807, 2.05) is 0 Å². The van der Waals surface area contributed by atoms with Crippen LogP contribution in [-0.2, 0) is 10.1 Å². The van der Waals surface area contributed by atoms with E-state index >= 15 is 0 Å². The van der Waals surface area contributed by atoms with E-state index in [-0.39, 0.29) is 68.8 Å². The van der Waals surface area contributed by atoms with Crippen LogP contribution in [0.5, 0.6) is 17.2 Å². The largest absolute Gasteiger partial charge is 0.507 e.